The third kappa shape index (κ3) is 8.71. The molecule has 12 heteroatoms. The standard InChI is InChI=1S/C32H41N5O6S/c1-21-17-37(22(2)20-38)31(39)16-25-15-26(35-44(4,41)42)13-14-29(25)43-30(21)19-36(3)18-23-9-11-24(12-10-23)32(40)34-28-8-6-5-7-27(28)33/h5-15,21-22,30,35,38H,16-20,33H2,1-4H3,(H,34,40)/t21-,22+,30+/m1/s1. The molecule has 0 spiro atoms. The number of para-hydroxylation sites is 2. The summed E-state index contributed by atoms with van der Waals surface area (Å²) >= 11 is 0. The smallest absolute Gasteiger partial charge is 0.255 e. The van der Waals surface area contributed by atoms with Crippen LogP contribution in [0, 0.1) is 5.92 Å². The topological polar surface area (TPSA) is 154 Å². The fourth-order valence-electron chi connectivity index (χ4n) is 5.18. The van der Waals surface area contributed by atoms with Crippen LogP contribution in [0.25, 0.3) is 0 Å². The summed E-state index contributed by atoms with van der Waals surface area (Å²) in [5.41, 5.74) is 9.41. The Labute approximate surface area is 259 Å². The molecule has 1 aliphatic rings. The number of hydrogen-bond acceptors (Lipinski definition) is 8. The lowest BCUT2D eigenvalue weighted by Gasteiger charge is -2.34. The van der Waals surface area contributed by atoms with Crippen LogP contribution < -0.4 is 20.5 Å². The maximum absolute atomic E-state index is 13.4. The van der Waals surface area contributed by atoms with E-state index in [1.165, 1.54) is 0 Å². The number of aliphatic hydroxyl groups excluding tert-OH is 1. The quantitative estimate of drug-likeness (QED) is 0.251. The van der Waals surface area contributed by atoms with E-state index in [0.717, 1.165) is 11.8 Å². The van der Waals surface area contributed by atoms with Crippen LogP contribution >= 0.6 is 0 Å². The van der Waals surface area contributed by atoms with E-state index < -0.39 is 16.1 Å². The highest BCUT2D eigenvalue weighted by atomic mass is 32.2. The SMILES string of the molecule is C[C@@H]1CN([C@@H](C)CO)C(=O)Cc2cc(NS(C)(=O)=O)ccc2O[C@H]1CN(C)Cc1ccc(C(=O)Nc2ccccc2N)cc1. The molecule has 0 unspecified atom stereocenters. The third-order valence-corrected chi connectivity index (χ3v) is 8.20. The van der Waals surface area contributed by atoms with E-state index in [1.807, 2.05) is 32.2 Å². The highest BCUT2D eigenvalue weighted by Crippen LogP contribution is 2.29. The molecule has 0 saturated carbocycles. The van der Waals surface area contributed by atoms with E-state index in [-0.39, 0.29) is 36.9 Å². The van der Waals surface area contributed by atoms with Crippen molar-refractivity contribution in [3.05, 3.63) is 83.4 Å². The van der Waals surface area contributed by atoms with Crippen molar-refractivity contribution < 1.29 is 27.9 Å². The number of nitrogens with two attached hydrogens (primary N) is 1. The Bertz CT molecular complexity index is 1580. The van der Waals surface area contributed by atoms with E-state index in [9.17, 15) is 23.1 Å². The molecular formula is C32H41N5O6S. The maximum Gasteiger partial charge on any atom is 0.255 e. The van der Waals surface area contributed by atoms with Gasteiger partial charge in [0.25, 0.3) is 5.91 Å². The second-order valence-corrected chi connectivity index (χ2v) is 13.3. The molecule has 3 aromatic rings. The van der Waals surface area contributed by atoms with Gasteiger partial charge in [-0.2, -0.15) is 0 Å². The minimum Gasteiger partial charge on any atom is -0.488 e. The molecule has 0 saturated heterocycles. The van der Waals surface area contributed by atoms with Crippen LogP contribution in [0.4, 0.5) is 17.1 Å². The monoisotopic (exact) mass is 623 g/mol. The Morgan fingerprint density at radius 1 is 1.16 bits per heavy atom. The molecule has 0 bridgehead atoms. The minimum atomic E-state index is -3.51. The van der Waals surface area contributed by atoms with Gasteiger partial charge in [0.15, 0.2) is 0 Å². The number of hydrogen-bond donors (Lipinski definition) is 4. The summed E-state index contributed by atoms with van der Waals surface area (Å²) < 4.78 is 32.6. The number of carbonyl (C=O) groups excluding carboxylic acids is 2. The van der Waals surface area contributed by atoms with Crippen molar-refractivity contribution in [1.29, 1.82) is 0 Å². The van der Waals surface area contributed by atoms with Gasteiger partial charge in [0.05, 0.1) is 36.7 Å². The number of aliphatic hydroxyl groups is 1. The molecular weight excluding hydrogens is 582 g/mol. The lowest BCUT2D eigenvalue weighted by molar-refractivity contribution is -0.134. The Morgan fingerprint density at radius 3 is 2.52 bits per heavy atom. The molecule has 5 N–H and O–H groups in total. The fourth-order valence-corrected chi connectivity index (χ4v) is 5.73. The van der Waals surface area contributed by atoms with Gasteiger partial charge in [-0.25, -0.2) is 8.42 Å². The Balaban J connectivity index is 1.50. The number of amides is 2. The molecule has 0 radical (unpaired) electrons. The molecule has 1 heterocycles. The number of nitrogen functional groups attached to an aromatic ring is 1. The van der Waals surface area contributed by atoms with Gasteiger partial charge in [0.2, 0.25) is 15.9 Å². The summed E-state index contributed by atoms with van der Waals surface area (Å²) in [6, 6.07) is 19.0. The molecule has 4 rings (SSSR count). The van der Waals surface area contributed by atoms with Crippen molar-refractivity contribution in [1.82, 2.24) is 9.80 Å². The van der Waals surface area contributed by atoms with Crippen molar-refractivity contribution in [2.24, 2.45) is 5.92 Å². The normalized spacial score (nSPS) is 18.0. The van der Waals surface area contributed by atoms with Crippen molar-refractivity contribution in [2.75, 3.05) is 48.8 Å². The molecule has 0 aliphatic carbocycles. The first-order valence-electron chi connectivity index (χ1n) is 14.4. The van der Waals surface area contributed by atoms with Crippen LogP contribution in [-0.2, 0) is 27.8 Å². The summed E-state index contributed by atoms with van der Waals surface area (Å²) in [7, 11) is -1.54. The number of nitrogens with one attached hydrogen (secondary N) is 2. The molecule has 2 amide bonds. The number of likely N-dealkylation sites (N-methyl/N-ethyl adjacent to an activating group) is 1. The predicted octanol–water partition coefficient (Wildman–Crippen LogP) is 3.17. The molecule has 11 nitrogen and oxygen atoms in total. The van der Waals surface area contributed by atoms with E-state index in [0.29, 0.717) is 53.6 Å². The average Bonchev–Trinajstić information content (AvgIpc) is 3.00. The molecule has 0 fully saturated rings. The fraction of sp³-hybridized carbons (Fsp3) is 0.375. The van der Waals surface area contributed by atoms with Gasteiger partial charge >= 0.3 is 0 Å². The van der Waals surface area contributed by atoms with Gasteiger partial charge in [0, 0.05) is 42.4 Å². The summed E-state index contributed by atoms with van der Waals surface area (Å²) in [6.45, 7) is 5.12. The van der Waals surface area contributed by atoms with Crippen LogP contribution in [0.3, 0.4) is 0 Å². The van der Waals surface area contributed by atoms with Crippen LogP contribution in [0.5, 0.6) is 5.75 Å². The Hall–Kier alpha value is -4.13. The number of benzene rings is 3. The number of anilines is 3. The highest BCUT2D eigenvalue weighted by molar-refractivity contribution is 7.92. The number of rotatable bonds is 10. The Morgan fingerprint density at radius 2 is 1.86 bits per heavy atom. The van der Waals surface area contributed by atoms with Crippen LogP contribution in [0.15, 0.2) is 66.7 Å². The van der Waals surface area contributed by atoms with Crippen LogP contribution in [0.2, 0.25) is 0 Å². The molecule has 3 aromatic carbocycles. The van der Waals surface area contributed by atoms with E-state index >= 15 is 0 Å². The second-order valence-electron chi connectivity index (χ2n) is 11.5. The van der Waals surface area contributed by atoms with Gasteiger partial charge in [-0.05, 0) is 62.0 Å². The first-order valence-corrected chi connectivity index (χ1v) is 16.3. The summed E-state index contributed by atoms with van der Waals surface area (Å²) in [4.78, 5) is 29.9. The lowest BCUT2D eigenvalue weighted by Crippen LogP contribution is -2.47. The zero-order valence-electron chi connectivity index (χ0n) is 25.5. The zero-order chi connectivity index (χ0) is 32.0. The van der Waals surface area contributed by atoms with Gasteiger partial charge in [-0.3, -0.25) is 19.2 Å². The molecule has 44 heavy (non-hydrogen) atoms. The lowest BCUT2D eigenvalue weighted by atomic mass is 10.0. The van der Waals surface area contributed by atoms with Crippen molar-refractivity contribution in [3.8, 4) is 5.75 Å². The van der Waals surface area contributed by atoms with Crippen molar-refractivity contribution in [2.45, 2.75) is 39.0 Å². The van der Waals surface area contributed by atoms with Crippen molar-refractivity contribution >= 4 is 38.9 Å². The van der Waals surface area contributed by atoms with Gasteiger partial charge in [-0.1, -0.05) is 31.2 Å². The zero-order valence-corrected chi connectivity index (χ0v) is 26.3. The maximum atomic E-state index is 13.4. The molecule has 0 aromatic heterocycles. The summed E-state index contributed by atoms with van der Waals surface area (Å²) in [5.74, 6) is -0.00421. The van der Waals surface area contributed by atoms with E-state index in [2.05, 4.69) is 14.9 Å². The highest BCUT2D eigenvalue weighted by Gasteiger charge is 2.31. The molecule has 3 atom stereocenters. The Kier molecular flexibility index (Phi) is 10.5. The third-order valence-electron chi connectivity index (χ3n) is 7.59. The second kappa shape index (κ2) is 14.1. The molecule has 1 aliphatic heterocycles. The summed E-state index contributed by atoms with van der Waals surface area (Å²) in [5, 5.41) is 12.7. The molecule has 236 valence electrons. The average molecular weight is 624 g/mol. The van der Waals surface area contributed by atoms with Crippen LogP contribution in [0.1, 0.15) is 35.3 Å². The van der Waals surface area contributed by atoms with Crippen LogP contribution in [-0.4, -0.2) is 80.3 Å². The number of sulfonamides is 1. The van der Waals surface area contributed by atoms with E-state index in [4.69, 9.17) is 10.5 Å². The van der Waals surface area contributed by atoms with E-state index in [1.54, 1.807) is 60.4 Å². The first-order chi connectivity index (χ1) is 20.8. The number of nitrogens with zero attached hydrogens (tertiary/aromatic N) is 2. The number of fused-ring (bicyclic) bond motifs is 1. The largest absolute Gasteiger partial charge is 0.488 e. The number of carbonyl (C=O) groups is 2. The van der Waals surface area contributed by atoms with Gasteiger partial charge < -0.3 is 25.8 Å². The first kappa shape index (κ1) is 32.8. The minimum absolute atomic E-state index is 0.00499. The van der Waals surface area contributed by atoms with Gasteiger partial charge in [0.1, 0.15) is 11.9 Å². The predicted molar refractivity (Wildman–Crippen MR) is 172 cm³/mol. The van der Waals surface area contributed by atoms with Gasteiger partial charge in [-0.15, -0.1) is 0 Å². The van der Waals surface area contributed by atoms with Crippen molar-refractivity contribution in [3.63, 3.8) is 0 Å². The number of ether oxygens (including phenoxy) is 1. The summed E-state index contributed by atoms with van der Waals surface area (Å²) in [6.07, 6.45) is 0.747.